The van der Waals surface area contributed by atoms with Crippen LogP contribution >= 0.6 is 0 Å². The van der Waals surface area contributed by atoms with Crippen LogP contribution in [0.4, 0.5) is 10.5 Å². The molecule has 1 aromatic carbocycles. The van der Waals surface area contributed by atoms with E-state index in [-0.39, 0.29) is 11.9 Å². The molecular weight excluding hydrogens is 258 g/mol. The van der Waals surface area contributed by atoms with Crippen LogP contribution in [0.1, 0.15) is 28.9 Å². The molecular formula is C13H15N5O2. The van der Waals surface area contributed by atoms with Crippen LogP contribution in [0.2, 0.25) is 0 Å². The third-order valence-electron chi connectivity index (χ3n) is 2.78. The molecule has 0 fully saturated rings. The highest BCUT2D eigenvalue weighted by Gasteiger charge is 2.12. The number of primary amides is 1. The van der Waals surface area contributed by atoms with Crippen molar-refractivity contribution in [3.63, 3.8) is 0 Å². The Kier molecular flexibility index (Phi) is 3.99. The van der Waals surface area contributed by atoms with Crippen molar-refractivity contribution in [2.45, 2.75) is 13.0 Å². The number of aromatic nitrogens is 2. The molecule has 0 bridgehead atoms. The number of carbonyl (C=O) groups excluding carboxylic acids is 2. The molecule has 1 unspecified atom stereocenters. The van der Waals surface area contributed by atoms with E-state index in [1.54, 1.807) is 36.7 Å². The molecule has 1 atom stereocenters. The van der Waals surface area contributed by atoms with Gasteiger partial charge in [0.15, 0.2) is 0 Å². The molecule has 104 valence electrons. The lowest BCUT2D eigenvalue weighted by Gasteiger charge is -2.12. The van der Waals surface area contributed by atoms with Crippen LogP contribution in [0, 0.1) is 0 Å². The maximum atomic E-state index is 12.0. The number of benzene rings is 1. The molecule has 5 N–H and O–H groups in total. The fraction of sp³-hybridized carbons (Fsp3) is 0.154. The minimum Gasteiger partial charge on any atom is -0.351 e. The lowest BCUT2D eigenvalue weighted by atomic mass is 10.1. The van der Waals surface area contributed by atoms with E-state index in [9.17, 15) is 9.59 Å². The van der Waals surface area contributed by atoms with Crippen molar-refractivity contribution in [1.29, 1.82) is 0 Å². The van der Waals surface area contributed by atoms with Gasteiger partial charge in [-0.1, -0.05) is 0 Å². The average Bonchev–Trinajstić information content (AvgIpc) is 2.92. The Hall–Kier alpha value is -2.83. The Morgan fingerprint density at radius 2 is 2.00 bits per heavy atom. The Morgan fingerprint density at radius 1 is 1.30 bits per heavy atom. The van der Waals surface area contributed by atoms with Gasteiger partial charge >= 0.3 is 6.03 Å². The van der Waals surface area contributed by atoms with Crippen molar-refractivity contribution < 1.29 is 9.59 Å². The number of hydrogen-bond acceptors (Lipinski definition) is 3. The SMILES string of the molecule is CC(NC(=O)c1ccc(NC(N)=O)cc1)c1cn[nH]c1. The number of nitrogens with one attached hydrogen (secondary N) is 3. The second-order valence-electron chi connectivity index (χ2n) is 4.29. The average molecular weight is 273 g/mol. The zero-order valence-electron chi connectivity index (χ0n) is 10.9. The summed E-state index contributed by atoms with van der Waals surface area (Å²) >= 11 is 0. The molecule has 7 heteroatoms. The highest BCUT2D eigenvalue weighted by molar-refractivity contribution is 5.95. The van der Waals surface area contributed by atoms with E-state index in [1.807, 2.05) is 6.92 Å². The van der Waals surface area contributed by atoms with Gasteiger partial charge in [-0.05, 0) is 31.2 Å². The first-order chi connectivity index (χ1) is 9.56. The van der Waals surface area contributed by atoms with Gasteiger partial charge in [-0.15, -0.1) is 0 Å². The number of hydrogen-bond donors (Lipinski definition) is 4. The summed E-state index contributed by atoms with van der Waals surface area (Å²) in [7, 11) is 0. The minimum absolute atomic E-state index is 0.148. The maximum absolute atomic E-state index is 12.0. The van der Waals surface area contributed by atoms with Crippen molar-refractivity contribution in [2.75, 3.05) is 5.32 Å². The van der Waals surface area contributed by atoms with E-state index in [4.69, 9.17) is 5.73 Å². The number of urea groups is 1. The predicted octanol–water partition coefficient (Wildman–Crippen LogP) is 1.39. The number of carbonyl (C=O) groups is 2. The van der Waals surface area contributed by atoms with Crippen LogP contribution in [0.25, 0.3) is 0 Å². The minimum atomic E-state index is -0.643. The van der Waals surface area contributed by atoms with Gasteiger partial charge in [0, 0.05) is 23.0 Å². The predicted molar refractivity (Wildman–Crippen MR) is 74.1 cm³/mol. The summed E-state index contributed by atoms with van der Waals surface area (Å²) < 4.78 is 0. The summed E-state index contributed by atoms with van der Waals surface area (Å²) in [5.74, 6) is -0.204. The molecule has 3 amide bonds. The van der Waals surface area contributed by atoms with Crippen LogP contribution in [0.15, 0.2) is 36.7 Å². The van der Waals surface area contributed by atoms with Gasteiger partial charge in [-0.25, -0.2) is 4.79 Å². The summed E-state index contributed by atoms with van der Waals surface area (Å²) in [5, 5.41) is 11.8. The van der Waals surface area contributed by atoms with Gasteiger partial charge in [-0.2, -0.15) is 5.10 Å². The number of aromatic amines is 1. The normalized spacial score (nSPS) is 11.7. The van der Waals surface area contributed by atoms with Crippen LogP contribution in [0.5, 0.6) is 0 Å². The van der Waals surface area contributed by atoms with Crippen molar-refractivity contribution in [1.82, 2.24) is 15.5 Å². The monoisotopic (exact) mass is 273 g/mol. The highest BCUT2D eigenvalue weighted by Crippen LogP contribution is 2.13. The quantitative estimate of drug-likeness (QED) is 0.675. The lowest BCUT2D eigenvalue weighted by molar-refractivity contribution is 0.0940. The van der Waals surface area contributed by atoms with Gasteiger partial charge in [0.1, 0.15) is 0 Å². The Morgan fingerprint density at radius 3 is 2.55 bits per heavy atom. The topological polar surface area (TPSA) is 113 Å². The van der Waals surface area contributed by atoms with Gasteiger partial charge < -0.3 is 16.4 Å². The second kappa shape index (κ2) is 5.87. The van der Waals surface area contributed by atoms with Gasteiger partial charge in [-0.3, -0.25) is 9.89 Å². The highest BCUT2D eigenvalue weighted by atomic mass is 16.2. The van der Waals surface area contributed by atoms with Crippen molar-refractivity contribution in [3.05, 3.63) is 47.8 Å². The molecule has 7 nitrogen and oxygen atoms in total. The largest absolute Gasteiger partial charge is 0.351 e. The van der Waals surface area contributed by atoms with Crippen LogP contribution in [-0.2, 0) is 0 Å². The second-order valence-corrected chi connectivity index (χ2v) is 4.29. The van der Waals surface area contributed by atoms with Crippen LogP contribution < -0.4 is 16.4 Å². The molecule has 0 radical (unpaired) electrons. The molecule has 0 spiro atoms. The van der Waals surface area contributed by atoms with E-state index in [0.717, 1.165) is 5.56 Å². The zero-order chi connectivity index (χ0) is 14.5. The molecule has 0 aliphatic carbocycles. The van der Waals surface area contributed by atoms with E-state index < -0.39 is 6.03 Å². The zero-order valence-corrected chi connectivity index (χ0v) is 10.9. The molecule has 20 heavy (non-hydrogen) atoms. The molecule has 1 aromatic heterocycles. The lowest BCUT2D eigenvalue weighted by Crippen LogP contribution is -2.26. The molecule has 0 saturated carbocycles. The summed E-state index contributed by atoms with van der Waals surface area (Å²) in [6.45, 7) is 1.87. The van der Waals surface area contributed by atoms with E-state index in [0.29, 0.717) is 11.3 Å². The maximum Gasteiger partial charge on any atom is 0.316 e. The van der Waals surface area contributed by atoms with Crippen LogP contribution in [-0.4, -0.2) is 22.1 Å². The summed E-state index contributed by atoms with van der Waals surface area (Å²) in [4.78, 5) is 22.7. The molecule has 1 heterocycles. The summed E-state index contributed by atoms with van der Waals surface area (Å²) in [6.07, 6.45) is 3.38. The van der Waals surface area contributed by atoms with Gasteiger partial charge in [0.25, 0.3) is 5.91 Å². The van der Waals surface area contributed by atoms with E-state index in [2.05, 4.69) is 20.8 Å². The fourth-order valence-corrected chi connectivity index (χ4v) is 1.71. The van der Waals surface area contributed by atoms with Gasteiger partial charge in [0.2, 0.25) is 0 Å². The summed E-state index contributed by atoms with van der Waals surface area (Å²) in [5.41, 5.74) is 6.93. The smallest absolute Gasteiger partial charge is 0.316 e. The number of nitrogens with two attached hydrogens (primary N) is 1. The number of H-pyrrole nitrogens is 1. The van der Waals surface area contributed by atoms with E-state index >= 15 is 0 Å². The number of nitrogens with zero attached hydrogens (tertiary/aromatic N) is 1. The Bertz CT molecular complexity index is 592. The van der Waals surface area contributed by atoms with Crippen molar-refractivity contribution >= 4 is 17.6 Å². The number of amides is 3. The molecule has 0 aliphatic rings. The standard InChI is InChI=1S/C13H15N5O2/c1-8(10-6-15-16-7-10)17-12(19)9-2-4-11(5-3-9)18-13(14)20/h2-8H,1H3,(H,15,16)(H,17,19)(H3,14,18,20). The fourth-order valence-electron chi connectivity index (χ4n) is 1.71. The third kappa shape index (κ3) is 3.35. The van der Waals surface area contributed by atoms with Gasteiger partial charge in [0.05, 0.1) is 12.2 Å². The molecule has 2 aromatic rings. The first-order valence-corrected chi connectivity index (χ1v) is 6.02. The Balaban J connectivity index is 2.00. The van der Waals surface area contributed by atoms with Crippen molar-refractivity contribution in [3.8, 4) is 0 Å². The Labute approximate surface area is 115 Å². The first kappa shape index (κ1) is 13.6. The van der Waals surface area contributed by atoms with E-state index in [1.165, 1.54) is 0 Å². The molecule has 0 saturated heterocycles. The first-order valence-electron chi connectivity index (χ1n) is 6.02. The third-order valence-corrected chi connectivity index (χ3v) is 2.78. The van der Waals surface area contributed by atoms with Crippen LogP contribution in [0.3, 0.4) is 0 Å². The number of rotatable bonds is 4. The molecule has 2 rings (SSSR count). The summed E-state index contributed by atoms with van der Waals surface area (Å²) in [6, 6.07) is 5.66. The van der Waals surface area contributed by atoms with Crippen molar-refractivity contribution in [2.24, 2.45) is 5.73 Å². The number of anilines is 1. The molecule has 0 aliphatic heterocycles.